The molecule has 0 radical (unpaired) electrons. The number of aromatic nitrogens is 1. The Morgan fingerprint density at radius 1 is 1.24 bits per heavy atom. The summed E-state index contributed by atoms with van der Waals surface area (Å²) in [7, 11) is 0. The highest BCUT2D eigenvalue weighted by Crippen LogP contribution is 2.19. The third-order valence-electron chi connectivity index (χ3n) is 3.79. The molecule has 0 saturated carbocycles. The topological polar surface area (TPSA) is 52.6 Å². The summed E-state index contributed by atoms with van der Waals surface area (Å²) >= 11 is 0. The summed E-state index contributed by atoms with van der Waals surface area (Å²) in [5.74, 6) is 2.05. The summed E-state index contributed by atoms with van der Waals surface area (Å²) in [6.07, 6.45) is 3.69. The maximum Gasteiger partial charge on any atom is 0.191 e. The van der Waals surface area contributed by atoms with Gasteiger partial charge in [-0.15, -0.1) is 24.0 Å². The minimum atomic E-state index is 0. The molecule has 6 heteroatoms. The number of aliphatic imine (C=N–C) groups is 1. The fraction of sp³-hybridized carbons (Fsp3) is 0.600. The zero-order chi connectivity index (χ0) is 13.8. The summed E-state index contributed by atoms with van der Waals surface area (Å²) in [6.45, 7) is 7.08. The van der Waals surface area contributed by atoms with E-state index in [1.165, 1.54) is 18.4 Å². The van der Waals surface area contributed by atoms with E-state index < -0.39 is 0 Å². The average molecular weight is 401 g/mol. The van der Waals surface area contributed by atoms with E-state index in [0.29, 0.717) is 0 Å². The van der Waals surface area contributed by atoms with Crippen LogP contribution < -0.4 is 15.5 Å². The number of halogens is 1. The first kappa shape index (κ1) is 16.3. The highest BCUT2D eigenvalue weighted by molar-refractivity contribution is 14.0. The second-order valence-electron chi connectivity index (χ2n) is 5.53. The van der Waals surface area contributed by atoms with Crippen LogP contribution in [0.25, 0.3) is 0 Å². The van der Waals surface area contributed by atoms with Crippen LogP contribution in [0.1, 0.15) is 30.5 Å². The van der Waals surface area contributed by atoms with Gasteiger partial charge in [0.25, 0.3) is 0 Å². The number of hydrogen-bond donors (Lipinski definition) is 2. The average Bonchev–Trinajstić information content (AvgIpc) is 3.00. The van der Waals surface area contributed by atoms with Crippen LogP contribution in [0.5, 0.6) is 0 Å². The molecule has 0 unspecified atom stereocenters. The Hall–Kier alpha value is -1.05. The summed E-state index contributed by atoms with van der Waals surface area (Å²) in [4.78, 5) is 11.5. The van der Waals surface area contributed by atoms with E-state index >= 15 is 0 Å². The van der Waals surface area contributed by atoms with E-state index in [-0.39, 0.29) is 24.0 Å². The molecule has 0 bridgehead atoms. The van der Waals surface area contributed by atoms with Crippen molar-refractivity contribution in [3.63, 3.8) is 0 Å². The molecule has 2 N–H and O–H groups in total. The van der Waals surface area contributed by atoms with Gasteiger partial charge in [0.05, 0.1) is 0 Å². The third kappa shape index (κ3) is 4.46. The number of anilines is 1. The Kier molecular flexibility index (Phi) is 6.08. The van der Waals surface area contributed by atoms with Crippen LogP contribution in [-0.4, -0.2) is 37.1 Å². The van der Waals surface area contributed by atoms with Gasteiger partial charge in [-0.1, -0.05) is 0 Å². The Balaban J connectivity index is 0.00000161. The molecule has 0 spiro atoms. The van der Waals surface area contributed by atoms with Crippen LogP contribution in [-0.2, 0) is 6.54 Å². The molecular formula is C15H24IN5. The molecular weight excluding hydrogens is 377 g/mol. The van der Waals surface area contributed by atoms with Gasteiger partial charge in [0, 0.05) is 38.4 Å². The van der Waals surface area contributed by atoms with Crippen molar-refractivity contribution in [2.75, 3.05) is 31.1 Å². The summed E-state index contributed by atoms with van der Waals surface area (Å²) in [5, 5.41) is 6.66. The number of aryl methyl sites for hydroxylation is 1. The highest BCUT2D eigenvalue weighted by Gasteiger charge is 2.14. The van der Waals surface area contributed by atoms with Gasteiger partial charge in [0.1, 0.15) is 5.82 Å². The molecule has 116 valence electrons. The third-order valence-corrected chi connectivity index (χ3v) is 3.79. The van der Waals surface area contributed by atoms with Crippen LogP contribution >= 0.6 is 24.0 Å². The Morgan fingerprint density at radius 3 is 2.76 bits per heavy atom. The van der Waals surface area contributed by atoms with Crippen LogP contribution in [0.15, 0.2) is 17.1 Å². The van der Waals surface area contributed by atoms with Crippen LogP contribution in [0.2, 0.25) is 0 Å². The minimum Gasteiger partial charge on any atom is -0.357 e. The van der Waals surface area contributed by atoms with Crippen LogP contribution in [0.4, 0.5) is 5.82 Å². The normalized spacial score (nSPS) is 17.8. The Labute approximate surface area is 143 Å². The van der Waals surface area contributed by atoms with E-state index in [1.54, 1.807) is 0 Å². The lowest BCUT2D eigenvalue weighted by Gasteiger charge is -2.19. The second kappa shape index (κ2) is 7.82. The van der Waals surface area contributed by atoms with Gasteiger partial charge in [0.15, 0.2) is 5.96 Å². The zero-order valence-corrected chi connectivity index (χ0v) is 14.9. The maximum absolute atomic E-state index is 4.66. The Morgan fingerprint density at radius 2 is 2.05 bits per heavy atom. The molecule has 3 rings (SSSR count). The van der Waals surface area contributed by atoms with Gasteiger partial charge in [-0.05, 0) is 43.9 Å². The molecule has 1 aromatic rings. The molecule has 1 fully saturated rings. The predicted octanol–water partition coefficient (Wildman–Crippen LogP) is 2.05. The van der Waals surface area contributed by atoms with Crippen molar-refractivity contribution in [3.8, 4) is 0 Å². The number of rotatable bonds is 3. The van der Waals surface area contributed by atoms with Gasteiger partial charge in [-0.25, -0.2) is 4.98 Å². The molecule has 1 aromatic heterocycles. The standard InChI is InChI=1S/C15H23N5.HI/c1-12-9-13(11-18-15-16-5-4-6-17-15)10-14(19-12)20-7-2-3-8-20;/h9-10H,2-8,11H2,1H3,(H2,16,17,18);1H. The lowest BCUT2D eigenvalue weighted by molar-refractivity contribution is 0.701. The largest absolute Gasteiger partial charge is 0.357 e. The summed E-state index contributed by atoms with van der Waals surface area (Å²) < 4.78 is 0. The minimum absolute atomic E-state index is 0. The molecule has 0 aliphatic carbocycles. The molecule has 0 amide bonds. The van der Waals surface area contributed by atoms with Gasteiger partial charge < -0.3 is 15.5 Å². The Bertz CT molecular complexity index is 497. The van der Waals surface area contributed by atoms with E-state index in [9.17, 15) is 0 Å². The summed E-state index contributed by atoms with van der Waals surface area (Å²) in [6, 6.07) is 4.35. The van der Waals surface area contributed by atoms with Crippen molar-refractivity contribution >= 4 is 35.8 Å². The van der Waals surface area contributed by atoms with Crippen LogP contribution in [0.3, 0.4) is 0 Å². The van der Waals surface area contributed by atoms with Gasteiger partial charge in [-0.2, -0.15) is 0 Å². The number of hydrogen-bond acceptors (Lipinski definition) is 5. The van der Waals surface area contributed by atoms with E-state index in [4.69, 9.17) is 0 Å². The highest BCUT2D eigenvalue weighted by atomic mass is 127. The van der Waals surface area contributed by atoms with E-state index in [2.05, 4.69) is 44.6 Å². The van der Waals surface area contributed by atoms with E-state index in [1.807, 2.05) is 0 Å². The smallest absolute Gasteiger partial charge is 0.191 e. The number of guanidine groups is 1. The number of nitrogens with zero attached hydrogens (tertiary/aromatic N) is 3. The molecule has 0 aromatic carbocycles. The quantitative estimate of drug-likeness (QED) is 0.762. The lowest BCUT2D eigenvalue weighted by Crippen LogP contribution is -2.40. The maximum atomic E-state index is 4.66. The second-order valence-corrected chi connectivity index (χ2v) is 5.53. The fourth-order valence-electron chi connectivity index (χ4n) is 2.77. The van der Waals surface area contributed by atoms with Crippen molar-refractivity contribution in [3.05, 3.63) is 23.4 Å². The molecule has 2 aliphatic rings. The van der Waals surface area contributed by atoms with Gasteiger partial charge >= 0.3 is 0 Å². The summed E-state index contributed by atoms with van der Waals surface area (Å²) in [5.41, 5.74) is 2.36. The predicted molar refractivity (Wildman–Crippen MR) is 97.6 cm³/mol. The van der Waals surface area contributed by atoms with Gasteiger partial charge in [-0.3, -0.25) is 4.99 Å². The van der Waals surface area contributed by atoms with Crippen molar-refractivity contribution < 1.29 is 0 Å². The number of pyridine rings is 1. The van der Waals surface area contributed by atoms with Gasteiger partial charge in [0.2, 0.25) is 0 Å². The SMILES string of the molecule is Cc1cc(CNC2=NCCCN2)cc(N2CCCC2)n1.I. The van der Waals surface area contributed by atoms with E-state index in [0.717, 1.165) is 56.6 Å². The molecule has 1 saturated heterocycles. The molecule has 0 atom stereocenters. The monoisotopic (exact) mass is 401 g/mol. The number of nitrogens with one attached hydrogen (secondary N) is 2. The van der Waals surface area contributed by atoms with Crippen molar-refractivity contribution in [2.45, 2.75) is 32.7 Å². The van der Waals surface area contributed by atoms with Crippen molar-refractivity contribution in [1.82, 2.24) is 15.6 Å². The van der Waals surface area contributed by atoms with Crippen molar-refractivity contribution in [2.24, 2.45) is 4.99 Å². The lowest BCUT2D eigenvalue weighted by atomic mass is 10.2. The first-order valence-electron chi connectivity index (χ1n) is 7.56. The molecule has 3 heterocycles. The first-order valence-corrected chi connectivity index (χ1v) is 7.56. The molecule has 2 aliphatic heterocycles. The fourth-order valence-corrected chi connectivity index (χ4v) is 2.77. The molecule has 5 nitrogen and oxygen atoms in total. The zero-order valence-electron chi connectivity index (χ0n) is 12.6. The molecule has 21 heavy (non-hydrogen) atoms. The van der Waals surface area contributed by atoms with Crippen LogP contribution in [0, 0.1) is 6.92 Å². The van der Waals surface area contributed by atoms with Crippen molar-refractivity contribution in [1.29, 1.82) is 0 Å². The first-order chi connectivity index (χ1) is 9.81.